The lowest BCUT2D eigenvalue weighted by Gasteiger charge is -2.24. The Hall–Kier alpha value is -0.190. The van der Waals surface area contributed by atoms with Gasteiger partial charge in [-0.05, 0) is 59.8 Å². The maximum Gasteiger partial charge on any atom is 0.0511 e. The molecule has 4 heteroatoms. The van der Waals surface area contributed by atoms with Crippen molar-refractivity contribution in [1.82, 2.24) is 5.32 Å². The van der Waals surface area contributed by atoms with Gasteiger partial charge in [-0.1, -0.05) is 6.07 Å². The van der Waals surface area contributed by atoms with Gasteiger partial charge in [0.2, 0.25) is 0 Å². The van der Waals surface area contributed by atoms with Crippen molar-refractivity contribution in [3.05, 3.63) is 28.2 Å². The van der Waals surface area contributed by atoms with Crippen LogP contribution in [0.5, 0.6) is 0 Å². The fraction of sp³-hybridized carbons (Fsp3) is 0.571. The molecule has 0 aliphatic carbocycles. The second kappa shape index (κ2) is 6.83. The molecule has 0 saturated carbocycles. The van der Waals surface area contributed by atoms with Gasteiger partial charge in [0.1, 0.15) is 0 Å². The molecule has 2 rings (SSSR count). The van der Waals surface area contributed by atoms with Crippen LogP contribution in [-0.4, -0.2) is 31.6 Å². The zero-order valence-electron chi connectivity index (χ0n) is 11.1. The third-order valence-electron chi connectivity index (χ3n) is 3.47. The van der Waals surface area contributed by atoms with E-state index in [9.17, 15) is 0 Å². The lowest BCUT2D eigenvalue weighted by molar-refractivity contribution is 0.652. The van der Waals surface area contributed by atoms with E-state index in [2.05, 4.69) is 63.0 Å². The molecule has 1 N–H and O–H groups in total. The third-order valence-corrected chi connectivity index (χ3v) is 5.15. The van der Waals surface area contributed by atoms with E-state index in [1.165, 1.54) is 40.2 Å². The highest BCUT2D eigenvalue weighted by atomic mass is 79.9. The second-order valence-electron chi connectivity index (χ2n) is 4.67. The summed E-state index contributed by atoms with van der Waals surface area (Å²) in [5.41, 5.74) is 2.67. The van der Waals surface area contributed by atoms with Crippen LogP contribution in [0.15, 0.2) is 22.7 Å². The van der Waals surface area contributed by atoms with Crippen molar-refractivity contribution < 1.29 is 0 Å². The minimum absolute atomic E-state index is 0.398. The number of rotatable bonds is 3. The van der Waals surface area contributed by atoms with Crippen molar-refractivity contribution in [2.75, 3.05) is 36.5 Å². The standard InChI is InChI=1S/C14H21BrN2S/c1-11(16-2)12-4-5-14(13(15)10-12)17-6-3-8-18-9-7-17/h4-5,10-11,16H,3,6-9H2,1-2H3. The zero-order valence-corrected chi connectivity index (χ0v) is 13.5. The van der Waals surface area contributed by atoms with Crippen molar-refractivity contribution in [2.24, 2.45) is 0 Å². The second-order valence-corrected chi connectivity index (χ2v) is 6.75. The van der Waals surface area contributed by atoms with Crippen molar-refractivity contribution in [3.63, 3.8) is 0 Å². The molecule has 0 bridgehead atoms. The Morgan fingerprint density at radius 3 is 2.89 bits per heavy atom. The number of benzene rings is 1. The molecule has 1 aromatic carbocycles. The van der Waals surface area contributed by atoms with Crippen LogP contribution >= 0.6 is 27.7 Å². The van der Waals surface area contributed by atoms with E-state index < -0.39 is 0 Å². The summed E-state index contributed by atoms with van der Waals surface area (Å²) in [5.74, 6) is 2.53. The van der Waals surface area contributed by atoms with Crippen LogP contribution < -0.4 is 10.2 Å². The maximum atomic E-state index is 3.73. The van der Waals surface area contributed by atoms with Gasteiger partial charge in [0.15, 0.2) is 0 Å². The minimum atomic E-state index is 0.398. The first kappa shape index (κ1) is 14.2. The molecule has 1 heterocycles. The summed E-state index contributed by atoms with van der Waals surface area (Å²) in [5, 5.41) is 3.28. The lowest BCUT2D eigenvalue weighted by atomic mass is 10.1. The zero-order chi connectivity index (χ0) is 13.0. The van der Waals surface area contributed by atoms with E-state index >= 15 is 0 Å². The van der Waals surface area contributed by atoms with Gasteiger partial charge in [0, 0.05) is 29.4 Å². The van der Waals surface area contributed by atoms with Crippen LogP contribution in [0.2, 0.25) is 0 Å². The Bertz CT molecular complexity index is 389. The summed E-state index contributed by atoms with van der Waals surface area (Å²) in [7, 11) is 2.00. The quantitative estimate of drug-likeness (QED) is 0.911. The molecule has 0 radical (unpaired) electrons. The Morgan fingerprint density at radius 1 is 1.33 bits per heavy atom. The number of hydrogen-bond acceptors (Lipinski definition) is 3. The Morgan fingerprint density at radius 2 is 2.17 bits per heavy atom. The van der Waals surface area contributed by atoms with Gasteiger partial charge < -0.3 is 10.2 Å². The Labute approximate surface area is 123 Å². The molecule has 1 aromatic rings. The number of thioether (sulfide) groups is 1. The number of nitrogens with zero attached hydrogens (tertiary/aromatic N) is 1. The maximum absolute atomic E-state index is 3.73. The van der Waals surface area contributed by atoms with E-state index in [0.29, 0.717) is 6.04 Å². The summed E-state index contributed by atoms with van der Waals surface area (Å²) in [4.78, 5) is 2.50. The van der Waals surface area contributed by atoms with Gasteiger partial charge in [-0.15, -0.1) is 0 Å². The molecule has 1 aliphatic heterocycles. The Kier molecular flexibility index (Phi) is 5.39. The molecular weight excluding hydrogens is 308 g/mol. The van der Waals surface area contributed by atoms with Gasteiger partial charge >= 0.3 is 0 Å². The first-order valence-electron chi connectivity index (χ1n) is 6.52. The summed E-state index contributed by atoms with van der Waals surface area (Å²) < 4.78 is 1.22. The molecule has 2 nitrogen and oxygen atoms in total. The van der Waals surface area contributed by atoms with Crippen LogP contribution in [0.3, 0.4) is 0 Å². The summed E-state index contributed by atoms with van der Waals surface area (Å²) in [6, 6.07) is 7.13. The van der Waals surface area contributed by atoms with Crippen LogP contribution in [-0.2, 0) is 0 Å². The van der Waals surface area contributed by atoms with Gasteiger partial charge in [0.25, 0.3) is 0 Å². The Balaban J connectivity index is 2.18. The van der Waals surface area contributed by atoms with E-state index in [1.54, 1.807) is 0 Å². The topological polar surface area (TPSA) is 15.3 Å². The third kappa shape index (κ3) is 3.43. The number of nitrogens with one attached hydrogen (secondary N) is 1. The highest BCUT2D eigenvalue weighted by Gasteiger charge is 2.14. The summed E-state index contributed by atoms with van der Waals surface area (Å²) in [6.45, 7) is 4.51. The van der Waals surface area contributed by atoms with Gasteiger partial charge in [-0.25, -0.2) is 0 Å². The molecule has 1 atom stereocenters. The van der Waals surface area contributed by atoms with E-state index in [0.717, 1.165) is 6.54 Å². The van der Waals surface area contributed by atoms with Crippen LogP contribution in [0.25, 0.3) is 0 Å². The molecule has 1 unspecified atom stereocenters. The highest BCUT2D eigenvalue weighted by Crippen LogP contribution is 2.30. The molecule has 100 valence electrons. The summed E-state index contributed by atoms with van der Waals surface area (Å²) in [6.07, 6.45) is 1.28. The van der Waals surface area contributed by atoms with Crippen LogP contribution in [0.4, 0.5) is 5.69 Å². The average Bonchev–Trinajstić information content (AvgIpc) is 2.66. The fourth-order valence-electron chi connectivity index (χ4n) is 2.20. The molecule has 1 saturated heterocycles. The van der Waals surface area contributed by atoms with E-state index in [1.807, 2.05) is 7.05 Å². The minimum Gasteiger partial charge on any atom is -0.370 e. The molecule has 18 heavy (non-hydrogen) atoms. The van der Waals surface area contributed by atoms with Crippen molar-refractivity contribution in [3.8, 4) is 0 Å². The van der Waals surface area contributed by atoms with Gasteiger partial charge in [0.05, 0.1) is 5.69 Å². The normalized spacial score (nSPS) is 18.5. The first-order chi connectivity index (χ1) is 8.72. The molecule has 1 aliphatic rings. The lowest BCUT2D eigenvalue weighted by Crippen LogP contribution is -2.26. The number of hydrogen-bond donors (Lipinski definition) is 1. The number of halogens is 1. The predicted molar refractivity (Wildman–Crippen MR) is 85.8 cm³/mol. The van der Waals surface area contributed by atoms with Crippen LogP contribution in [0.1, 0.15) is 24.9 Å². The molecular formula is C14H21BrN2S. The largest absolute Gasteiger partial charge is 0.370 e. The SMILES string of the molecule is CNC(C)c1ccc(N2CCCSCC2)c(Br)c1. The van der Waals surface area contributed by atoms with Crippen molar-refractivity contribution in [2.45, 2.75) is 19.4 Å². The predicted octanol–water partition coefficient (Wildman–Crippen LogP) is 3.67. The molecule has 0 amide bonds. The number of anilines is 1. The monoisotopic (exact) mass is 328 g/mol. The molecule has 0 spiro atoms. The van der Waals surface area contributed by atoms with Crippen molar-refractivity contribution >= 4 is 33.4 Å². The van der Waals surface area contributed by atoms with E-state index in [-0.39, 0.29) is 0 Å². The van der Waals surface area contributed by atoms with Crippen LogP contribution in [0, 0.1) is 0 Å². The first-order valence-corrected chi connectivity index (χ1v) is 8.46. The van der Waals surface area contributed by atoms with Gasteiger partial charge in [-0.2, -0.15) is 11.8 Å². The van der Waals surface area contributed by atoms with Gasteiger partial charge in [-0.3, -0.25) is 0 Å². The molecule has 1 fully saturated rings. The smallest absolute Gasteiger partial charge is 0.0511 e. The molecule has 0 aromatic heterocycles. The average molecular weight is 329 g/mol. The fourth-order valence-corrected chi connectivity index (χ4v) is 3.74. The summed E-state index contributed by atoms with van der Waals surface area (Å²) >= 11 is 5.79. The van der Waals surface area contributed by atoms with E-state index in [4.69, 9.17) is 0 Å². The van der Waals surface area contributed by atoms with Crippen molar-refractivity contribution in [1.29, 1.82) is 0 Å². The highest BCUT2D eigenvalue weighted by molar-refractivity contribution is 9.10.